The molecular weight excluding hydrogens is 410 g/mol. The molecule has 0 radical (unpaired) electrons. The summed E-state index contributed by atoms with van der Waals surface area (Å²) in [6, 6.07) is 21.5. The molecule has 1 unspecified atom stereocenters. The molecule has 0 saturated carbocycles. The van der Waals surface area contributed by atoms with Crippen LogP contribution in [0.15, 0.2) is 91.8 Å². The van der Waals surface area contributed by atoms with Gasteiger partial charge < -0.3 is 10.2 Å². The van der Waals surface area contributed by atoms with Crippen LogP contribution < -0.4 is 5.32 Å². The van der Waals surface area contributed by atoms with Gasteiger partial charge in [0.15, 0.2) is 0 Å². The van der Waals surface area contributed by atoms with Crippen LogP contribution in [-0.2, 0) is 11.2 Å². The SMILES string of the molecule is C=CCNC(=O)C1(Cc2cccc(-c3cccnc3)c2)CCCN(C(=O)c2ccccc2)C1. The van der Waals surface area contributed by atoms with Crippen LogP contribution >= 0.6 is 0 Å². The first kappa shape index (κ1) is 22.5. The van der Waals surface area contributed by atoms with E-state index in [1.165, 1.54) is 0 Å². The van der Waals surface area contributed by atoms with E-state index in [1.54, 1.807) is 12.3 Å². The van der Waals surface area contributed by atoms with Gasteiger partial charge in [0.25, 0.3) is 5.91 Å². The van der Waals surface area contributed by atoms with Gasteiger partial charge in [-0.05, 0) is 54.2 Å². The molecule has 1 aliphatic rings. The summed E-state index contributed by atoms with van der Waals surface area (Å²) in [6.07, 6.45) is 7.35. The first-order valence-electron chi connectivity index (χ1n) is 11.3. The van der Waals surface area contributed by atoms with Crippen molar-refractivity contribution in [3.05, 3.63) is 103 Å². The number of nitrogens with one attached hydrogen (secondary N) is 1. The highest BCUT2D eigenvalue weighted by Crippen LogP contribution is 2.36. The molecule has 168 valence electrons. The van der Waals surface area contributed by atoms with Gasteiger partial charge in [-0.2, -0.15) is 0 Å². The first-order chi connectivity index (χ1) is 16.1. The van der Waals surface area contributed by atoms with Crippen LogP contribution in [0.2, 0.25) is 0 Å². The Kier molecular flexibility index (Phi) is 6.98. The molecule has 1 saturated heterocycles. The molecule has 5 nitrogen and oxygen atoms in total. The summed E-state index contributed by atoms with van der Waals surface area (Å²) in [5.74, 6) is -0.0555. The number of carbonyl (C=O) groups is 2. The average molecular weight is 440 g/mol. The van der Waals surface area contributed by atoms with Gasteiger partial charge >= 0.3 is 0 Å². The molecule has 2 heterocycles. The van der Waals surface area contributed by atoms with Crippen LogP contribution in [0.1, 0.15) is 28.8 Å². The van der Waals surface area contributed by atoms with E-state index in [-0.39, 0.29) is 11.8 Å². The fourth-order valence-electron chi connectivity index (χ4n) is 4.62. The quantitative estimate of drug-likeness (QED) is 0.551. The lowest BCUT2D eigenvalue weighted by molar-refractivity contribution is -0.133. The second-order valence-corrected chi connectivity index (χ2v) is 8.59. The third-order valence-corrected chi connectivity index (χ3v) is 6.24. The molecule has 0 aliphatic carbocycles. The summed E-state index contributed by atoms with van der Waals surface area (Å²) in [5.41, 5.74) is 3.13. The Labute approximate surface area is 195 Å². The Hall–Kier alpha value is -3.73. The third-order valence-electron chi connectivity index (χ3n) is 6.24. The van der Waals surface area contributed by atoms with E-state index in [1.807, 2.05) is 59.6 Å². The van der Waals surface area contributed by atoms with E-state index >= 15 is 0 Å². The Bertz CT molecular complexity index is 1110. The molecule has 1 fully saturated rings. The molecule has 4 rings (SSSR count). The van der Waals surface area contributed by atoms with E-state index in [0.29, 0.717) is 31.6 Å². The van der Waals surface area contributed by atoms with Crippen molar-refractivity contribution in [2.75, 3.05) is 19.6 Å². The first-order valence-corrected chi connectivity index (χ1v) is 11.3. The van der Waals surface area contributed by atoms with Crippen LogP contribution in [0.25, 0.3) is 11.1 Å². The normalized spacial score (nSPS) is 17.9. The zero-order valence-corrected chi connectivity index (χ0v) is 18.7. The third kappa shape index (κ3) is 5.20. The number of likely N-dealkylation sites (tertiary alicyclic amines) is 1. The molecule has 1 N–H and O–H groups in total. The number of carbonyl (C=O) groups excluding carboxylic acids is 2. The van der Waals surface area contributed by atoms with E-state index < -0.39 is 5.41 Å². The predicted molar refractivity (Wildman–Crippen MR) is 131 cm³/mol. The number of benzene rings is 2. The second-order valence-electron chi connectivity index (χ2n) is 8.59. The van der Waals surface area contributed by atoms with Crippen molar-refractivity contribution >= 4 is 11.8 Å². The van der Waals surface area contributed by atoms with Gasteiger partial charge in [-0.25, -0.2) is 0 Å². The van der Waals surface area contributed by atoms with Crippen molar-refractivity contribution in [1.29, 1.82) is 0 Å². The number of rotatable bonds is 7. The maximum atomic E-state index is 13.4. The summed E-state index contributed by atoms with van der Waals surface area (Å²) in [4.78, 5) is 32.7. The van der Waals surface area contributed by atoms with E-state index in [4.69, 9.17) is 0 Å². The number of hydrogen-bond acceptors (Lipinski definition) is 3. The second kappa shape index (κ2) is 10.3. The lowest BCUT2D eigenvalue weighted by Crippen LogP contribution is -2.54. The smallest absolute Gasteiger partial charge is 0.253 e. The summed E-state index contributed by atoms with van der Waals surface area (Å²) in [5, 5.41) is 3.00. The predicted octanol–water partition coefficient (Wildman–Crippen LogP) is 4.52. The van der Waals surface area contributed by atoms with Crippen LogP contribution in [0, 0.1) is 5.41 Å². The zero-order valence-electron chi connectivity index (χ0n) is 18.7. The molecule has 5 heteroatoms. The van der Waals surface area contributed by atoms with Crippen molar-refractivity contribution in [3.63, 3.8) is 0 Å². The van der Waals surface area contributed by atoms with Crippen LogP contribution in [0.5, 0.6) is 0 Å². The Morgan fingerprint density at radius 3 is 2.64 bits per heavy atom. The fourth-order valence-corrected chi connectivity index (χ4v) is 4.62. The van der Waals surface area contributed by atoms with Crippen LogP contribution in [0.4, 0.5) is 0 Å². The van der Waals surface area contributed by atoms with E-state index in [9.17, 15) is 9.59 Å². The number of aromatic nitrogens is 1. The van der Waals surface area contributed by atoms with Crippen LogP contribution in [0.3, 0.4) is 0 Å². The van der Waals surface area contributed by atoms with Gasteiger partial charge in [-0.3, -0.25) is 14.6 Å². The molecule has 0 bridgehead atoms. The summed E-state index contributed by atoms with van der Waals surface area (Å²) >= 11 is 0. The van der Waals surface area contributed by atoms with Gasteiger partial charge in [0.2, 0.25) is 5.91 Å². The number of nitrogens with zero attached hydrogens (tertiary/aromatic N) is 2. The van der Waals surface area contributed by atoms with E-state index in [0.717, 1.165) is 29.5 Å². The van der Waals surface area contributed by atoms with Crippen molar-refractivity contribution in [2.45, 2.75) is 19.3 Å². The summed E-state index contributed by atoms with van der Waals surface area (Å²) < 4.78 is 0. The van der Waals surface area contributed by atoms with Crippen LogP contribution in [-0.4, -0.2) is 41.3 Å². The largest absolute Gasteiger partial charge is 0.352 e. The molecular formula is C28H29N3O2. The van der Waals surface area contributed by atoms with Crippen molar-refractivity contribution in [1.82, 2.24) is 15.2 Å². The molecule has 33 heavy (non-hydrogen) atoms. The number of hydrogen-bond donors (Lipinski definition) is 1. The van der Waals surface area contributed by atoms with Gasteiger partial charge in [0.05, 0.1) is 5.41 Å². The number of pyridine rings is 1. The van der Waals surface area contributed by atoms with Crippen molar-refractivity contribution in [3.8, 4) is 11.1 Å². The van der Waals surface area contributed by atoms with Gasteiger partial charge in [-0.1, -0.05) is 54.6 Å². The molecule has 3 aromatic rings. The van der Waals surface area contributed by atoms with Crippen molar-refractivity contribution < 1.29 is 9.59 Å². The van der Waals surface area contributed by atoms with E-state index in [2.05, 4.69) is 35.1 Å². The highest BCUT2D eigenvalue weighted by atomic mass is 16.2. The molecule has 1 atom stereocenters. The Morgan fingerprint density at radius 2 is 1.88 bits per heavy atom. The average Bonchev–Trinajstić information content (AvgIpc) is 2.88. The lowest BCUT2D eigenvalue weighted by Gasteiger charge is -2.42. The Morgan fingerprint density at radius 1 is 1.06 bits per heavy atom. The number of amides is 2. The summed E-state index contributed by atoms with van der Waals surface area (Å²) in [7, 11) is 0. The van der Waals surface area contributed by atoms with Gasteiger partial charge in [0, 0.05) is 37.6 Å². The minimum atomic E-state index is -0.695. The minimum Gasteiger partial charge on any atom is -0.352 e. The summed E-state index contributed by atoms with van der Waals surface area (Å²) in [6.45, 7) is 5.18. The lowest BCUT2D eigenvalue weighted by atomic mass is 9.73. The highest BCUT2D eigenvalue weighted by Gasteiger charge is 2.43. The molecule has 1 aromatic heterocycles. The van der Waals surface area contributed by atoms with Crippen molar-refractivity contribution in [2.24, 2.45) is 5.41 Å². The molecule has 1 aliphatic heterocycles. The van der Waals surface area contributed by atoms with Gasteiger partial charge in [0.1, 0.15) is 0 Å². The maximum absolute atomic E-state index is 13.4. The topological polar surface area (TPSA) is 62.3 Å². The maximum Gasteiger partial charge on any atom is 0.253 e. The monoisotopic (exact) mass is 439 g/mol. The Balaban J connectivity index is 1.63. The molecule has 2 aromatic carbocycles. The standard InChI is InChI=1S/C28H29N3O2/c1-2-15-30-27(33)28(14-8-17-31(21-28)26(32)23-10-4-3-5-11-23)19-22-9-6-12-24(18-22)25-13-7-16-29-20-25/h2-7,9-13,16,18,20H,1,8,14-15,17,19,21H2,(H,30,33). The van der Waals surface area contributed by atoms with Gasteiger partial charge in [-0.15, -0.1) is 6.58 Å². The number of piperidine rings is 1. The molecule has 2 amide bonds. The minimum absolute atomic E-state index is 0.0275. The highest BCUT2D eigenvalue weighted by molar-refractivity contribution is 5.95. The molecule has 0 spiro atoms. The fraction of sp³-hybridized carbons (Fsp3) is 0.250. The zero-order chi connectivity index (χ0) is 23.1.